The number of hydrogen-bond donors (Lipinski definition) is 1. The highest BCUT2D eigenvalue weighted by atomic mass is 16.5. The Morgan fingerprint density at radius 2 is 1.87 bits per heavy atom. The number of nitrogens with one attached hydrogen (secondary N) is 1. The van der Waals surface area contributed by atoms with Crippen LogP contribution in [0.1, 0.15) is 55.8 Å². The molecule has 2 fully saturated rings. The quantitative estimate of drug-likeness (QED) is 0.865. The third-order valence-corrected chi connectivity index (χ3v) is 4.65. The molecular formula is C19H23N3O. The molecule has 0 spiro atoms. The average Bonchev–Trinajstić information content (AvgIpc) is 3.32. The molecule has 1 N–H and O–H groups in total. The number of aromatic nitrogens is 2. The fourth-order valence-electron chi connectivity index (χ4n) is 3.15. The molecule has 1 aromatic carbocycles. The molecule has 0 unspecified atom stereocenters. The highest BCUT2D eigenvalue weighted by Gasteiger charge is 2.26. The number of nitrogens with zero attached hydrogens (tertiary/aromatic N) is 2. The summed E-state index contributed by atoms with van der Waals surface area (Å²) in [6.45, 7) is 0.726. The summed E-state index contributed by atoms with van der Waals surface area (Å²) in [5.74, 6) is 3.46. The molecule has 23 heavy (non-hydrogen) atoms. The van der Waals surface area contributed by atoms with Crippen LogP contribution in [-0.2, 0) is 6.54 Å². The van der Waals surface area contributed by atoms with Gasteiger partial charge < -0.3 is 10.1 Å². The van der Waals surface area contributed by atoms with E-state index in [4.69, 9.17) is 4.74 Å². The first-order valence-electron chi connectivity index (χ1n) is 8.70. The van der Waals surface area contributed by atoms with E-state index in [-0.39, 0.29) is 0 Å². The number of benzene rings is 1. The van der Waals surface area contributed by atoms with Crippen molar-refractivity contribution >= 4 is 5.82 Å². The molecule has 1 heterocycles. The van der Waals surface area contributed by atoms with Crippen molar-refractivity contribution < 1.29 is 4.74 Å². The molecule has 2 aromatic rings. The summed E-state index contributed by atoms with van der Waals surface area (Å²) in [6, 6.07) is 10.2. The van der Waals surface area contributed by atoms with E-state index in [0.29, 0.717) is 12.0 Å². The Morgan fingerprint density at radius 1 is 1.04 bits per heavy atom. The van der Waals surface area contributed by atoms with Gasteiger partial charge in [-0.1, -0.05) is 18.2 Å². The van der Waals surface area contributed by atoms with Crippen LogP contribution in [0.3, 0.4) is 0 Å². The molecule has 120 valence electrons. The normalized spacial score (nSPS) is 18.1. The van der Waals surface area contributed by atoms with E-state index in [2.05, 4.69) is 33.5 Å². The summed E-state index contributed by atoms with van der Waals surface area (Å²) in [7, 11) is 0. The first-order valence-corrected chi connectivity index (χ1v) is 8.70. The Bertz CT molecular complexity index is 663. The van der Waals surface area contributed by atoms with E-state index < -0.39 is 0 Å². The van der Waals surface area contributed by atoms with Crippen LogP contribution in [0.15, 0.2) is 36.5 Å². The Morgan fingerprint density at radius 3 is 2.70 bits per heavy atom. The molecule has 2 aliphatic rings. The SMILES string of the molecule is c1ccc(OC2CCCC2)c(CNc2ccnc(C3CC3)n2)c1. The summed E-state index contributed by atoms with van der Waals surface area (Å²) in [5.41, 5.74) is 1.19. The van der Waals surface area contributed by atoms with Gasteiger partial charge in [-0.25, -0.2) is 9.97 Å². The minimum atomic E-state index is 0.386. The van der Waals surface area contributed by atoms with Crippen molar-refractivity contribution in [1.29, 1.82) is 0 Å². The topological polar surface area (TPSA) is 47.0 Å². The summed E-state index contributed by atoms with van der Waals surface area (Å²) >= 11 is 0. The second kappa shape index (κ2) is 6.57. The van der Waals surface area contributed by atoms with Gasteiger partial charge in [0.25, 0.3) is 0 Å². The van der Waals surface area contributed by atoms with Gasteiger partial charge in [0.15, 0.2) is 0 Å². The van der Waals surface area contributed by atoms with E-state index >= 15 is 0 Å². The maximum atomic E-state index is 6.19. The maximum absolute atomic E-state index is 6.19. The van der Waals surface area contributed by atoms with Gasteiger partial charge in [0, 0.05) is 24.2 Å². The lowest BCUT2D eigenvalue weighted by Gasteiger charge is -2.17. The Kier molecular flexibility index (Phi) is 4.14. The highest BCUT2D eigenvalue weighted by Crippen LogP contribution is 2.38. The molecule has 0 aliphatic heterocycles. The second-order valence-electron chi connectivity index (χ2n) is 6.56. The van der Waals surface area contributed by atoms with Gasteiger partial charge in [0.2, 0.25) is 0 Å². The van der Waals surface area contributed by atoms with E-state index in [1.807, 2.05) is 18.3 Å². The van der Waals surface area contributed by atoms with Crippen molar-refractivity contribution in [2.75, 3.05) is 5.32 Å². The number of rotatable bonds is 6. The zero-order valence-electron chi connectivity index (χ0n) is 13.4. The number of ether oxygens (including phenoxy) is 1. The molecule has 1 aromatic heterocycles. The van der Waals surface area contributed by atoms with Gasteiger partial charge in [-0.15, -0.1) is 0 Å². The zero-order valence-corrected chi connectivity index (χ0v) is 13.4. The molecule has 2 saturated carbocycles. The van der Waals surface area contributed by atoms with Crippen molar-refractivity contribution in [2.45, 2.75) is 57.1 Å². The standard InChI is InChI=1S/C19H23N3O/c1-4-8-17(23-16-6-2-3-7-16)15(5-1)13-21-18-11-12-20-19(22-18)14-9-10-14/h1,4-5,8,11-12,14,16H,2-3,6-7,9-10,13H2,(H,20,21,22). The molecule has 4 heteroatoms. The van der Waals surface area contributed by atoms with Crippen molar-refractivity contribution in [3.8, 4) is 5.75 Å². The predicted octanol–water partition coefficient (Wildman–Crippen LogP) is 4.29. The van der Waals surface area contributed by atoms with Crippen LogP contribution in [0.25, 0.3) is 0 Å². The molecule has 0 radical (unpaired) electrons. The Balaban J connectivity index is 1.43. The van der Waals surface area contributed by atoms with Crippen molar-refractivity contribution in [3.63, 3.8) is 0 Å². The van der Waals surface area contributed by atoms with Gasteiger partial charge >= 0.3 is 0 Å². The minimum Gasteiger partial charge on any atom is -0.490 e. The predicted molar refractivity (Wildman–Crippen MR) is 90.7 cm³/mol. The lowest BCUT2D eigenvalue weighted by atomic mass is 10.2. The van der Waals surface area contributed by atoms with Gasteiger partial charge in [-0.2, -0.15) is 0 Å². The molecule has 0 amide bonds. The van der Waals surface area contributed by atoms with E-state index in [1.54, 1.807) is 0 Å². The third-order valence-electron chi connectivity index (χ3n) is 4.65. The second-order valence-corrected chi connectivity index (χ2v) is 6.56. The van der Waals surface area contributed by atoms with Crippen LogP contribution in [0.4, 0.5) is 5.82 Å². The number of para-hydroxylation sites is 1. The minimum absolute atomic E-state index is 0.386. The molecule has 0 saturated heterocycles. The maximum Gasteiger partial charge on any atom is 0.133 e. The van der Waals surface area contributed by atoms with Crippen molar-refractivity contribution in [3.05, 3.63) is 47.9 Å². The molecule has 4 nitrogen and oxygen atoms in total. The van der Waals surface area contributed by atoms with E-state index in [1.165, 1.54) is 44.1 Å². The van der Waals surface area contributed by atoms with E-state index in [0.717, 1.165) is 23.9 Å². The Hall–Kier alpha value is -2.10. The Labute approximate surface area is 137 Å². The monoisotopic (exact) mass is 309 g/mol. The van der Waals surface area contributed by atoms with Crippen molar-refractivity contribution in [2.24, 2.45) is 0 Å². The van der Waals surface area contributed by atoms with Gasteiger partial charge in [0.05, 0.1) is 6.10 Å². The van der Waals surface area contributed by atoms with Crippen LogP contribution >= 0.6 is 0 Å². The lowest BCUT2D eigenvalue weighted by Crippen LogP contribution is -2.13. The summed E-state index contributed by atoms with van der Waals surface area (Å²) in [4.78, 5) is 8.99. The van der Waals surface area contributed by atoms with Crippen LogP contribution < -0.4 is 10.1 Å². The smallest absolute Gasteiger partial charge is 0.133 e. The summed E-state index contributed by atoms with van der Waals surface area (Å²) in [6.07, 6.45) is 9.62. The third kappa shape index (κ3) is 3.63. The first kappa shape index (κ1) is 14.5. The fraction of sp³-hybridized carbons (Fsp3) is 0.474. The number of hydrogen-bond acceptors (Lipinski definition) is 4. The lowest BCUT2D eigenvalue weighted by molar-refractivity contribution is 0.208. The van der Waals surface area contributed by atoms with Crippen LogP contribution in [0, 0.1) is 0 Å². The fourth-order valence-corrected chi connectivity index (χ4v) is 3.15. The first-order chi connectivity index (χ1) is 11.4. The highest BCUT2D eigenvalue weighted by molar-refractivity contribution is 5.40. The zero-order chi connectivity index (χ0) is 15.5. The van der Waals surface area contributed by atoms with Crippen LogP contribution in [-0.4, -0.2) is 16.1 Å². The van der Waals surface area contributed by atoms with Crippen LogP contribution in [0.5, 0.6) is 5.75 Å². The van der Waals surface area contributed by atoms with Gasteiger partial charge in [-0.05, 0) is 50.7 Å². The molecular weight excluding hydrogens is 286 g/mol. The summed E-state index contributed by atoms with van der Waals surface area (Å²) in [5, 5.41) is 3.42. The van der Waals surface area contributed by atoms with Crippen molar-refractivity contribution in [1.82, 2.24) is 9.97 Å². The molecule has 0 atom stereocenters. The molecule has 0 bridgehead atoms. The van der Waals surface area contributed by atoms with E-state index in [9.17, 15) is 0 Å². The van der Waals surface area contributed by atoms with Gasteiger partial charge in [0.1, 0.15) is 17.4 Å². The average molecular weight is 309 g/mol. The largest absolute Gasteiger partial charge is 0.490 e. The number of anilines is 1. The molecule has 4 rings (SSSR count). The summed E-state index contributed by atoms with van der Waals surface area (Å²) < 4.78 is 6.19. The molecule has 2 aliphatic carbocycles. The van der Waals surface area contributed by atoms with Crippen LogP contribution in [0.2, 0.25) is 0 Å². The van der Waals surface area contributed by atoms with Gasteiger partial charge in [-0.3, -0.25) is 0 Å².